The molecule has 0 unspecified atom stereocenters. The maximum atomic E-state index is 5.56. The van der Waals surface area contributed by atoms with E-state index in [1.807, 2.05) is 25.2 Å². The van der Waals surface area contributed by atoms with E-state index in [-0.39, 0.29) is 0 Å². The number of benzene rings is 1. The summed E-state index contributed by atoms with van der Waals surface area (Å²) in [6, 6.07) is 8.24. The number of hydrogen-bond acceptors (Lipinski definition) is 4. The molecule has 0 amide bonds. The topological polar surface area (TPSA) is 47.0 Å². The molecule has 4 heteroatoms. The lowest BCUT2D eigenvalue weighted by Crippen LogP contribution is -2.03. The monoisotopic (exact) mass is 283 g/mol. The summed E-state index contributed by atoms with van der Waals surface area (Å²) in [4.78, 5) is 9.32. The molecule has 2 aromatic rings. The molecule has 4 nitrogen and oxygen atoms in total. The van der Waals surface area contributed by atoms with Crippen LogP contribution in [-0.4, -0.2) is 23.6 Å². The van der Waals surface area contributed by atoms with Gasteiger partial charge in [0.15, 0.2) is 5.82 Å². The Morgan fingerprint density at radius 1 is 1.24 bits per heavy atom. The van der Waals surface area contributed by atoms with Crippen LogP contribution >= 0.6 is 0 Å². The minimum Gasteiger partial charge on any atom is -0.493 e. The zero-order valence-corrected chi connectivity index (χ0v) is 12.8. The minimum absolute atomic E-state index is 0.575. The van der Waals surface area contributed by atoms with Gasteiger partial charge in [0.1, 0.15) is 11.6 Å². The molecule has 0 aliphatic carbocycles. The van der Waals surface area contributed by atoms with Gasteiger partial charge >= 0.3 is 0 Å². The summed E-state index contributed by atoms with van der Waals surface area (Å²) < 4.78 is 5.56. The molecule has 0 saturated heterocycles. The number of rotatable bonds is 4. The molecule has 1 aromatic heterocycles. The van der Waals surface area contributed by atoms with E-state index in [1.54, 1.807) is 0 Å². The molecule has 1 aliphatic rings. The fraction of sp³-hybridized carbons (Fsp3) is 0.412. The van der Waals surface area contributed by atoms with Crippen molar-refractivity contribution in [1.29, 1.82) is 0 Å². The molecular formula is C17H21N3O. The molecule has 1 aliphatic heterocycles. The van der Waals surface area contributed by atoms with Crippen molar-refractivity contribution in [2.24, 2.45) is 5.92 Å². The summed E-state index contributed by atoms with van der Waals surface area (Å²) in [5.74, 6) is 3.22. The first-order chi connectivity index (χ1) is 10.2. The Kier molecular flexibility index (Phi) is 3.78. The van der Waals surface area contributed by atoms with Crippen molar-refractivity contribution in [3.8, 4) is 17.1 Å². The summed E-state index contributed by atoms with van der Waals surface area (Å²) in [6.07, 6.45) is 1.92. The van der Waals surface area contributed by atoms with Crippen LogP contribution in [0.25, 0.3) is 11.4 Å². The first-order valence-electron chi connectivity index (χ1n) is 7.47. The predicted molar refractivity (Wildman–Crippen MR) is 84.8 cm³/mol. The van der Waals surface area contributed by atoms with Crippen molar-refractivity contribution in [3.63, 3.8) is 0 Å². The van der Waals surface area contributed by atoms with E-state index in [0.29, 0.717) is 5.92 Å². The third-order valence-electron chi connectivity index (χ3n) is 3.60. The fourth-order valence-corrected chi connectivity index (χ4v) is 2.60. The van der Waals surface area contributed by atoms with Gasteiger partial charge in [0.25, 0.3) is 0 Å². The lowest BCUT2D eigenvalue weighted by molar-refractivity contribution is 0.357. The maximum Gasteiger partial charge on any atom is 0.161 e. The van der Waals surface area contributed by atoms with Crippen molar-refractivity contribution in [3.05, 3.63) is 35.5 Å². The molecule has 0 spiro atoms. The molecule has 0 fully saturated rings. The molecule has 0 atom stereocenters. The predicted octanol–water partition coefficient (Wildman–Crippen LogP) is 3.32. The number of anilines is 1. The molecular weight excluding hydrogens is 262 g/mol. The highest BCUT2D eigenvalue weighted by molar-refractivity contribution is 5.61. The van der Waals surface area contributed by atoms with Gasteiger partial charge in [-0.25, -0.2) is 9.97 Å². The van der Waals surface area contributed by atoms with Crippen molar-refractivity contribution in [2.75, 3.05) is 19.0 Å². The number of aromatic nitrogens is 2. The van der Waals surface area contributed by atoms with E-state index in [1.165, 1.54) is 5.56 Å². The van der Waals surface area contributed by atoms with E-state index in [2.05, 4.69) is 30.2 Å². The van der Waals surface area contributed by atoms with Gasteiger partial charge in [-0.3, -0.25) is 0 Å². The van der Waals surface area contributed by atoms with E-state index >= 15 is 0 Å². The molecule has 110 valence electrons. The van der Waals surface area contributed by atoms with Gasteiger partial charge in [-0.15, -0.1) is 0 Å². The summed E-state index contributed by atoms with van der Waals surface area (Å²) in [7, 11) is 1.89. The third-order valence-corrected chi connectivity index (χ3v) is 3.60. The van der Waals surface area contributed by atoms with Crippen LogP contribution in [0.3, 0.4) is 0 Å². The molecule has 1 N–H and O–H groups in total. The van der Waals surface area contributed by atoms with E-state index in [9.17, 15) is 0 Å². The summed E-state index contributed by atoms with van der Waals surface area (Å²) in [5, 5.41) is 3.13. The van der Waals surface area contributed by atoms with Crippen molar-refractivity contribution >= 4 is 5.82 Å². The average molecular weight is 283 g/mol. The maximum absolute atomic E-state index is 5.56. The molecule has 0 bridgehead atoms. The third kappa shape index (κ3) is 2.99. The Morgan fingerprint density at radius 3 is 2.86 bits per heavy atom. The number of nitrogens with one attached hydrogen (secondary N) is 1. The zero-order chi connectivity index (χ0) is 14.8. The Bertz CT molecular complexity index is 652. The molecule has 0 saturated carbocycles. The highest BCUT2D eigenvalue weighted by atomic mass is 16.5. The standard InChI is InChI=1S/C17H21N3O/c1-11(2)8-14-10-16(18-3)20-17(19-14)13-4-5-15-12(9-13)6-7-21-15/h4-5,9-11H,6-8H2,1-3H3,(H,18,19,20). The van der Waals surface area contributed by atoms with Gasteiger partial charge in [-0.2, -0.15) is 0 Å². The summed E-state index contributed by atoms with van der Waals surface area (Å²) in [5.41, 5.74) is 3.38. The number of hydrogen-bond donors (Lipinski definition) is 1. The van der Waals surface area contributed by atoms with Crippen LogP contribution in [-0.2, 0) is 12.8 Å². The summed E-state index contributed by atoms with van der Waals surface area (Å²) >= 11 is 0. The highest BCUT2D eigenvalue weighted by Crippen LogP contribution is 2.29. The Labute approximate surface area is 125 Å². The van der Waals surface area contributed by atoms with Gasteiger partial charge in [0, 0.05) is 30.8 Å². The molecule has 1 aromatic carbocycles. The minimum atomic E-state index is 0.575. The number of nitrogens with zero attached hydrogens (tertiary/aromatic N) is 2. The SMILES string of the molecule is CNc1cc(CC(C)C)nc(-c2ccc3c(c2)CCO3)n1. The Balaban J connectivity index is 2.00. The van der Waals surface area contributed by atoms with Crippen LogP contribution in [0.1, 0.15) is 25.1 Å². The lowest BCUT2D eigenvalue weighted by atomic mass is 10.1. The van der Waals surface area contributed by atoms with Crippen molar-refractivity contribution in [1.82, 2.24) is 9.97 Å². The normalized spacial score (nSPS) is 13.1. The zero-order valence-electron chi connectivity index (χ0n) is 12.8. The second-order valence-corrected chi connectivity index (χ2v) is 5.84. The van der Waals surface area contributed by atoms with Crippen molar-refractivity contribution in [2.45, 2.75) is 26.7 Å². The van der Waals surface area contributed by atoms with Gasteiger partial charge in [-0.1, -0.05) is 13.8 Å². The lowest BCUT2D eigenvalue weighted by Gasteiger charge is -2.10. The number of ether oxygens (including phenoxy) is 1. The van der Waals surface area contributed by atoms with Crippen molar-refractivity contribution < 1.29 is 4.74 Å². The van der Waals surface area contributed by atoms with Gasteiger partial charge in [0.05, 0.1) is 6.61 Å². The highest BCUT2D eigenvalue weighted by Gasteiger charge is 2.14. The first kappa shape index (κ1) is 13.9. The largest absolute Gasteiger partial charge is 0.493 e. The number of fused-ring (bicyclic) bond motifs is 1. The second-order valence-electron chi connectivity index (χ2n) is 5.84. The molecule has 21 heavy (non-hydrogen) atoms. The Morgan fingerprint density at radius 2 is 2.10 bits per heavy atom. The van der Waals surface area contributed by atoms with Crippen LogP contribution in [0, 0.1) is 5.92 Å². The van der Waals surface area contributed by atoms with E-state index in [4.69, 9.17) is 9.72 Å². The van der Waals surface area contributed by atoms with Gasteiger partial charge < -0.3 is 10.1 Å². The molecule has 2 heterocycles. The molecule has 0 radical (unpaired) electrons. The Hall–Kier alpha value is -2.10. The first-order valence-corrected chi connectivity index (χ1v) is 7.47. The van der Waals surface area contributed by atoms with E-state index in [0.717, 1.165) is 48.1 Å². The van der Waals surface area contributed by atoms with Crippen LogP contribution in [0.15, 0.2) is 24.3 Å². The van der Waals surface area contributed by atoms with Crippen LogP contribution in [0.2, 0.25) is 0 Å². The van der Waals surface area contributed by atoms with Crippen LogP contribution < -0.4 is 10.1 Å². The fourth-order valence-electron chi connectivity index (χ4n) is 2.60. The quantitative estimate of drug-likeness (QED) is 0.935. The van der Waals surface area contributed by atoms with Crippen LogP contribution in [0.4, 0.5) is 5.82 Å². The summed E-state index contributed by atoms with van der Waals surface area (Å²) in [6.45, 7) is 5.18. The average Bonchev–Trinajstić information content (AvgIpc) is 2.93. The smallest absolute Gasteiger partial charge is 0.161 e. The van der Waals surface area contributed by atoms with Gasteiger partial charge in [0.2, 0.25) is 0 Å². The van der Waals surface area contributed by atoms with Crippen LogP contribution in [0.5, 0.6) is 5.75 Å². The van der Waals surface area contributed by atoms with E-state index < -0.39 is 0 Å². The molecule has 3 rings (SSSR count). The second kappa shape index (κ2) is 5.72. The van der Waals surface area contributed by atoms with Gasteiger partial charge in [-0.05, 0) is 36.1 Å².